The Kier molecular flexibility index (Phi) is 8.07. The van der Waals surface area contributed by atoms with Gasteiger partial charge in [-0.05, 0) is 55.5 Å². The molecule has 2 atom stereocenters. The lowest BCUT2D eigenvalue weighted by atomic mass is 10.0. The fourth-order valence-electron chi connectivity index (χ4n) is 3.38. The summed E-state index contributed by atoms with van der Waals surface area (Å²) < 4.78 is 37.9. The van der Waals surface area contributed by atoms with Gasteiger partial charge in [0.05, 0.1) is 12.0 Å². The number of rotatable bonds is 7. The summed E-state index contributed by atoms with van der Waals surface area (Å²) >= 11 is 0. The maximum Gasteiger partial charge on any atom is 0.392 e. The number of benzene rings is 2. The minimum absolute atomic E-state index is 0.243. The van der Waals surface area contributed by atoms with Gasteiger partial charge in [0, 0.05) is 13.5 Å². The number of hydrogen-bond donors (Lipinski definition) is 0. The molecule has 0 amide bonds. The third kappa shape index (κ3) is 7.01. The molecular weight excluding hydrogens is 361 g/mol. The lowest BCUT2D eigenvalue weighted by Gasteiger charge is -2.16. The van der Waals surface area contributed by atoms with Gasteiger partial charge in [0.2, 0.25) is 0 Å². The first-order chi connectivity index (χ1) is 13.3. The van der Waals surface area contributed by atoms with E-state index in [0.29, 0.717) is 0 Å². The fraction of sp³-hybridized carbons (Fsp3) is 0.435. The van der Waals surface area contributed by atoms with Crippen molar-refractivity contribution in [2.45, 2.75) is 44.8 Å². The monoisotopic (exact) mass is 388 g/mol. The Balaban J connectivity index is 0.000000878. The van der Waals surface area contributed by atoms with Gasteiger partial charge in [-0.25, -0.2) is 0 Å². The van der Waals surface area contributed by atoms with Crippen LogP contribution < -0.4 is 0 Å². The quantitative estimate of drug-likeness (QED) is 0.586. The zero-order valence-corrected chi connectivity index (χ0v) is 16.4. The second-order valence-electron chi connectivity index (χ2n) is 7.28. The fourth-order valence-corrected chi connectivity index (χ4v) is 3.38. The zero-order valence-electron chi connectivity index (χ0n) is 16.4. The van der Waals surface area contributed by atoms with Gasteiger partial charge in [-0.2, -0.15) is 18.4 Å². The first kappa shape index (κ1) is 22.0. The van der Waals surface area contributed by atoms with Crippen molar-refractivity contribution < 1.29 is 13.2 Å². The maximum atomic E-state index is 12.6. The van der Waals surface area contributed by atoms with Crippen LogP contribution in [0.25, 0.3) is 0 Å². The minimum Gasteiger partial charge on any atom is -0.302 e. The summed E-state index contributed by atoms with van der Waals surface area (Å²) in [5, 5.41) is 7.32. The van der Waals surface area contributed by atoms with E-state index in [0.717, 1.165) is 31.5 Å². The van der Waals surface area contributed by atoms with Gasteiger partial charge in [0.25, 0.3) is 0 Å². The molecule has 0 spiro atoms. The largest absolute Gasteiger partial charge is 0.392 e. The molecule has 1 fully saturated rings. The number of alkyl halides is 3. The summed E-state index contributed by atoms with van der Waals surface area (Å²) in [6.45, 7) is 3.36. The van der Waals surface area contributed by atoms with E-state index in [-0.39, 0.29) is 12.3 Å². The van der Waals surface area contributed by atoms with E-state index in [2.05, 4.69) is 24.1 Å². The Morgan fingerprint density at radius 3 is 2.18 bits per heavy atom. The molecule has 2 nitrogen and oxygen atoms in total. The summed E-state index contributed by atoms with van der Waals surface area (Å²) in [5.74, 6) is -1.46. The molecule has 1 aliphatic carbocycles. The highest BCUT2D eigenvalue weighted by molar-refractivity contribution is 5.30. The van der Waals surface area contributed by atoms with E-state index < -0.39 is 12.1 Å². The van der Waals surface area contributed by atoms with Crippen molar-refractivity contribution in [1.82, 2.24) is 4.90 Å². The van der Waals surface area contributed by atoms with Crippen LogP contribution in [0.4, 0.5) is 13.2 Å². The molecular formula is C23H27F3N2. The lowest BCUT2D eigenvalue weighted by Crippen LogP contribution is -2.19. The molecule has 0 aromatic heterocycles. The average Bonchev–Trinajstić information content (AvgIpc) is 3.45. The molecule has 1 aliphatic rings. The molecule has 0 saturated heterocycles. The number of aryl methyl sites for hydroxylation is 1. The molecule has 2 aromatic carbocycles. The van der Waals surface area contributed by atoms with Gasteiger partial charge in [0.1, 0.15) is 0 Å². The predicted molar refractivity (Wildman–Crippen MR) is 106 cm³/mol. The normalized spacial score (nSPS) is 18.2. The van der Waals surface area contributed by atoms with Crippen LogP contribution >= 0.6 is 0 Å². The molecule has 150 valence electrons. The van der Waals surface area contributed by atoms with Crippen LogP contribution in [0, 0.1) is 17.2 Å². The lowest BCUT2D eigenvalue weighted by molar-refractivity contribution is -0.148. The van der Waals surface area contributed by atoms with Crippen molar-refractivity contribution in [3.63, 3.8) is 0 Å². The number of halogens is 3. The van der Waals surface area contributed by atoms with Crippen molar-refractivity contribution in [2.24, 2.45) is 5.92 Å². The highest BCUT2D eigenvalue weighted by Crippen LogP contribution is 2.56. The first-order valence-corrected chi connectivity index (χ1v) is 9.54. The third-order valence-corrected chi connectivity index (χ3v) is 4.92. The van der Waals surface area contributed by atoms with Crippen LogP contribution in [0.15, 0.2) is 54.6 Å². The molecule has 0 aliphatic heterocycles. The molecule has 28 heavy (non-hydrogen) atoms. The van der Waals surface area contributed by atoms with Crippen LogP contribution in [0.2, 0.25) is 0 Å². The van der Waals surface area contributed by atoms with Gasteiger partial charge in [-0.3, -0.25) is 0 Å². The smallest absolute Gasteiger partial charge is 0.302 e. The third-order valence-electron chi connectivity index (χ3n) is 4.92. The second kappa shape index (κ2) is 10.3. The molecule has 2 aromatic rings. The number of hydrogen-bond acceptors (Lipinski definition) is 2. The minimum atomic E-state index is -4.05. The van der Waals surface area contributed by atoms with Gasteiger partial charge in [-0.1, -0.05) is 54.6 Å². The highest BCUT2D eigenvalue weighted by atomic mass is 19.4. The summed E-state index contributed by atoms with van der Waals surface area (Å²) in [7, 11) is 2.11. The molecule has 3 rings (SSSR count). The van der Waals surface area contributed by atoms with Crippen molar-refractivity contribution in [2.75, 3.05) is 13.6 Å². The molecule has 0 N–H and O–H groups in total. The van der Waals surface area contributed by atoms with Crippen molar-refractivity contribution >= 4 is 0 Å². The Morgan fingerprint density at radius 2 is 1.64 bits per heavy atom. The van der Waals surface area contributed by atoms with E-state index in [1.165, 1.54) is 18.1 Å². The van der Waals surface area contributed by atoms with E-state index >= 15 is 0 Å². The van der Waals surface area contributed by atoms with E-state index in [4.69, 9.17) is 5.26 Å². The molecule has 0 heterocycles. The summed E-state index contributed by atoms with van der Waals surface area (Å²) in [5.41, 5.74) is 3.33. The highest BCUT2D eigenvalue weighted by Gasteiger charge is 2.55. The topological polar surface area (TPSA) is 27.0 Å². The number of nitrogens with zero attached hydrogens (tertiary/aromatic N) is 2. The molecule has 5 heteroatoms. The van der Waals surface area contributed by atoms with Crippen LogP contribution in [0.3, 0.4) is 0 Å². The van der Waals surface area contributed by atoms with Crippen molar-refractivity contribution in [3.8, 4) is 6.07 Å². The molecule has 2 unspecified atom stereocenters. The van der Waals surface area contributed by atoms with Crippen molar-refractivity contribution in [3.05, 3.63) is 71.3 Å². The molecule has 1 saturated carbocycles. The number of nitriles is 1. The van der Waals surface area contributed by atoms with Gasteiger partial charge in [0.15, 0.2) is 0 Å². The Bertz CT molecular complexity index is 748. The Labute approximate surface area is 165 Å². The van der Waals surface area contributed by atoms with Crippen molar-refractivity contribution in [1.29, 1.82) is 5.26 Å². The van der Waals surface area contributed by atoms with Gasteiger partial charge in [-0.15, -0.1) is 0 Å². The maximum absolute atomic E-state index is 12.6. The summed E-state index contributed by atoms with van der Waals surface area (Å²) in [4.78, 5) is 2.29. The van der Waals surface area contributed by atoms with E-state index in [1.54, 1.807) is 6.07 Å². The van der Waals surface area contributed by atoms with Crippen LogP contribution in [0.5, 0.6) is 0 Å². The predicted octanol–water partition coefficient (Wildman–Crippen LogP) is 5.95. The standard InChI is InChI=1S/C21H24F3N.C2H3N/c1-25(15-17-6-3-2-4-7-17)13-5-8-16-9-11-18(12-10-16)19-14-20(19)21(22,23)24;1-2-3/h2-4,6-7,9-12,19-20H,5,8,13-15H2,1H3;1H3. The first-order valence-electron chi connectivity index (χ1n) is 9.54. The van der Waals surface area contributed by atoms with Crippen LogP contribution in [-0.4, -0.2) is 24.7 Å². The zero-order chi connectivity index (χ0) is 20.6. The average molecular weight is 388 g/mol. The molecule has 0 radical (unpaired) electrons. The Morgan fingerprint density at radius 1 is 1.04 bits per heavy atom. The van der Waals surface area contributed by atoms with Crippen LogP contribution in [0.1, 0.15) is 42.4 Å². The summed E-state index contributed by atoms with van der Waals surface area (Å²) in [6, 6.07) is 19.8. The van der Waals surface area contributed by atoms with Gasteiger partial charge < -0.3 is 4.90 Å². The van der Waals surface area contributed by atoms with E-state index in [9.17, 15) is 13.2 Å². The molecule has 0 bridgehead atoms. The van der Waals surface area contributed by atoms with Gasteiger partial charge >= 0.3 is 6.18 Å². The van der Waals surface area contributed by atoms with E-state index in [1.807, 2.05) is 42.5 Å². The Hall–Kier alpha value is -2.32. The van der Waals surface area contributed by atoms with Crippen LogP contribution in [-0.2, 0) is 13.0 Å². The second-order valence-corrected chi connectivity index (χ2v) is 7.28. The SMILES string of the molecule is CC#N.CN(CCCc1ccc(C2CC2C(F)(F)F)cc1)Cc1ccccc1. The summed E-state index contributed by atoms with van der Waals surface area (Å²) in [6.07, 6.45) is -1.82.